The summed E-state index contributed by atoms with van der Waals surface area (Å²) in [5, 5.41) is 0. The zero-order valence-corrected chi connectivity index (χ0v) is 15.3. The molecule has 0 aliphatic rings. The molecule has 0 fully saturated rings. The van der Waals surface area contributed by atoms with Gasteiger partial charge in [-0.1, -0.05) is 6.92 Å². The number of Topliss-reactive ketones (excluding diaryl/α,β-unsaturated/α-hetero) is 1. The minimum Gasteiger partial charge on any atom is -0.465 e. The number of ketones is 1. The first-order valence-electron chi connectivity index (χ1n) is 8.06. The Morgan fingerprint density at radius 1 is 1.21 bits per heavy atom. The molecule has 0 bridgehead atoms. The molecule has 0 aromatic carbocycles. The number of hydrogen-bond acceptors (Lipinski definition) is 7. The molecule has 1 aromatic heterocycles. The molecule has 1 unspecified atom stereocenters. The van der Waals surface area contributed by atoms with Crippen LogP contribution in [0.5, 0.6) is 0 Å². The van der Waals surface area contributed by atoms with E-state index in [1.165, 1.54) is 6.26 Å². The maximum absolute atomic E-state index is 12.4. The van der Waals surface area contributed by atoms with Crippen molar-refractivity contribution >= 4 is 19.3 Å². The van der Waals surface area contributed by atoms with E-state index >= 15 is 0 Å². The molecular weight excluding hydrogens is 335 g/mol. The van der Waals surface area contributed by atoms with Crippen molar-refractivity contribution in [3.8, 4) is 0 Å². The van der Waals surface area contributed by atoms with Crippen molar-refractivity contribution in [3.05, 3.63) is 24.2 Å². The summed E-state index contributed by atoms with van der Waals surface area (Å²) in [4.78, 5) is 24.0. The van der Waals surface area contributed by atoms with E-state index in [-0.39, 0.29) is 38.0 Å². The van der Waals surface area contributed by atoms with Crippen molar-refractivity contribution in [3.63, 3.8) is 0 Å². The SMILES string of the molecule is CCCC(=O)OC(CC(=O)CP(=O)(OCC)OCC)c1ccco1. The molecule has 0 saturated heterocycles. The van der Waals surface area contributed by atoms with Gasteiger partial charge in [0.2, 0.25) is 0 Å². The van der Waals surface area contributed by atoms with Gasteiger partial charge in [-0.2, -0.15) is 0 Å². The first kappa shape index (κ1) is 20.6. The van der Waals surface area contributed by atoms with Crippen LogP contribution in [0.3, 0.4) is 0 Å². The number of ether oxygens (including phenoxy) is 1. The van der Waals surface area contributed by atoms with Gasteiger partial charge in [0.25, 0.3) is 0 Å². The molecule has 0 N–H and O–H groups in total. The zero-order valence-electron chi connectivity index (χ0n) is 14.4. The molecule has 0 aliphatic carbocycles. The molecule has 0 radical (unpaired) electrons. The van der Waals surface area contributed by atoms with E-state index < -0.39 is 19.7 Å². The Kier molecular flexibility index (Phi) is 8.97. The molecule has 1 heterocycles. The molecule has 0 aliphatic heterocycles. The molecule has 1 aromatic rings. The van der Waals surface area contributed by atoms with E-state index in [4.69, 9.17) is 18.2 Å². The summed E-state index contributed by atoms with van der Waals surface area (Å²) >= 11 is 0. The van der Waals surface area contributed by atoms with Crippen molar-refractivity contribution in [1.29, 1.82) is 0 Å². The fourth-order valence-corrected chi connectivity index (χ4v) is 3.71. The summed E-state index contributed by atoms with van der Waals surface area (Å²) in [6.45, 7) is 5.56. The molecule has 24 heavy (non-hydrogen) atoms. The average molecular weight is 360 g/mol. The number of carbonyl (C=O) groups excluding carboxylic acids is 2. The highest BCUT2D eigenvalue weighted by atomic mass is 31.2. The molecule has 0 amide bonds. The topological polar surface area (TPSA) is 92.0 Å². The van der Waals surface area contributed by atoms with Crippen LogP contribution in [0.15, 0.2) is 22.8 Å². The van der Waals surface area contributed by atoms with E-state index in [0.717, 1.165) is 0 Å². The van der Waals surface area contributed by atoms with Gasteiger partial charge < -0.3 is 18.2 Å². The summed E-state index contributed by atoms with van der Waals surface area (Å²) in [6, 6.07) is 3.27. The number of furan rings is 1. The predicted octanol–water partition coefficient (Wildman–Crippen LogP) is 3.89. The third-order valence-electron chi connectivity index (χ3n) is 3.02. The smallest absolute Gasteiger partial charge is 0.338 e. The average Bonchev–Trinajstić information content (AvgIpc) is 3.01. The monoisotopic (exact) mass is 360 g/mol. The van der Waals surface area contributed by atoms with Crippen LogP contribution in [0.4, 0.5) is 0 Å². The van der Waals surface area contributed by atoms with Crippen molar-refractivity contribution in [1.82, 2.24) is 0 Å². The van der Waals surface area contributed by atoms with E-state index in [0.29, 0.717) is 12.2 Å². The van der Waals surface area contributed by atoms with Crippen LogP contribution in [-0.4, -0.2) is 31.1 Å². The maximum Gasteiger partial charge on any atom is 0.338 e. The second-order valence-corrected chi connectivity index (χ2v) is 7.15. The third-order valence-corrected chi connectivity index (χ3v) is 5.07. The summed E-state index contributed by atoms with van der Waals surface area (Å²) in [5.74, 6) is -0.425. The lowest BCUT2D eigenvalue weighted by atomic mass is 10.1. The standard InChI is InChI=1S/C16H25O7P/c1-4-8-16(18)23-15(14-9-7-10-20-14)11-13(17)12-24(19,21-5-2)22-6-3/h7,9-10,15H,4-6,8,11-12H2,1-3H3. The van der Waals surface area contributed by atoms with E-state index in [1.54, 1.807) is 26.0 Å². The normalized spacial score (nSPS) is 12.8. The molecule has 1 rings (SSSR count). The Bertz CT molecular complexity index is 543. The lowest BCUT2D eigenvalue weighted by molar-refractivity contribution is -0.151. The van der Waals surface area contributed by atoms with Crippen molar-refractivity contribution in [2.75, 3.05) is 19.4 Å². The Hall–Kier alpha value is -1.43. The summed E-state index contributed by atoms with van der Waals surface area (Å²) in [7, 11) is -3.48. The Labute approximate surface area is 142 Å². The van der Waals surface area contributed by atoms with Crippen molar-refractivity contribution in [2.24, 2.45) is 0 Å². The minimum atomic E-state index is -3.48. The summed E-state index contributed by atoms with van der Waals surface area (Å²) in [6.07, 6.45) is 0.975. The van der Waals surface area contributed by atoms with Gasteiger partial charge in [0, 0.05) is 6.42 Å². The zero-order chi connectivity index (χ0) is 18.0. The predicted molar refractivity (Wildman–Crippen MR) is 87.8 cm³/mol. The lowest BCUT2D eigenvalue weighted by Crippen LogP contribution is -2.17. The van der Waals surface area contributed by atoms with Crippen LogP contribution in [0.2, 0.25) is 0 Å². The van der Waals surface area contributed by atoms with E-state index in [2.05, 4.69) is 0 Å². The fourth-order valence-electron chi connectivity index (χ4n) is 2.11. The molecule has 7 nitrogen and oxygen atoms in total. The van der Waals surface area contributed by atoms with Crippen LogP contribution in [0, 0.1) is 0 Å². The van der Waals surface area contributed by atoms with Gasteiger partial charge in [-0.3, -0.25) is 14.2 Å². The second-order valence-electron chi connectivity index (χ2n) is 5.09. The maximum atomic E-state index is 12.4. The first-order chi connectivity index (χ1) is 11.4. The number of carbonyl (C=O) groups is 2. The minimum absolute atomic E-state index is 0.146. The third kappa shape index (κ3) is 6.99. The molecule has 136 valence electrons. The van der Waals surface area contributed by atoms with E-state index in [9.17, 15) is 14.2 Å². The highest BCUT2D eigenvalue weighted by molar-refractivity contribution is 7.54. The fraction of sp³-hybridized carbons (Fsp3) is 0.625. The molecule has 1 atom stereocenters. The van der Waals surface area contributed by atoms with Crippen LogP contribution in [-0.2, 0) is 27.9 Å². The number of hydrogen-bond donors (Lipinski definition) is 0. The highest BCUT2D eigenvalue weighted by Gasteiger charge is 2.30. The van der Waals surface area contributed by atoms with Crippen LogP contribution < -0.4 is 0 Å². The van der Waals surface area contributed by atoms with Crippen LogP contribution in [0.1, 0.15) is 51.9 Å². The van der Waals surface area contributed by atoms with Crippen molar-refractivity contribution < 1.29 is 32.4 Å². The molecular formula is C16H25O7P. The van der Waals surface area contributed by atoms with Gasteiger partial charge in [0.1, 0.15) is 17.7 Å². The van der Waals surface area contributed by atoms with Gasteiger partial charge in [-0.25, -0.2) is 0 Å². The Balaban J connectivity index is 2.76. The van der Waals surface area contributed by atoms with Crippen LogP contribution >= 0.6 is 7.60 Å². The second kappa shape index (κ2) is 10.4. The first-order valence-corrected chi connectivity index (χ1v) is 9.79. The molecule has 0 spiro atoms. The largest absolute Gasteiger partial charge is 0.465 e. The van der Waals surface area contributed by atoms with Gasteiger partial charge in [-0.05, 0) is 32.4 Å². The van der Waals surface area contributed by atoms with Gasteiger partial charge in [0.15, 0.2) is 6.10 Å². The Morgan fingerprint density at radius 3 is 2.38 bits per heavy atom. The number of rotatable bonds is 12. The van der Waals surface area contributed by atoms with Gasteiger partial charge in [0.05, 0.1) is 25.9 Å². The molecule has 8 heteroatoms. The summed E-state index contributed by atoms with van der Waals surface area (Å²) < 4.78 is 33.2. The highest BCUT2D eigenvalue weighted by Crippen LogP contribution is 2.48. The van der Waals surface area contributed by atoms with E-state index in [1.807, 2.05) is 6.92 Å². The Morgan fingerprint density at radius 2 is 1.88 bits per heavy atom. The van der Waals surface area contributed by atoms with Gasteiger partial charge in [-0.15, -0.1) is 0 Å². The lowest BCUT2D eigenvalue weighted by Gasteiger charge is -2.18. The van der Waals surface area contributed by atoms with Crippen molar-refractivity contribution in [2.45, 2.75) is 46.1 Å². The quantitative estimate of drug-likeness (QED) is 0.412. The molecule has 0 saturated carbocycles. The van der Waals surface area contributed by atoms with Gasteiger partial charge >= 0.3 is 13.6 Å². The van der Waals surface area contributed by atoms with Crippen LogP contribution in [0.25, 0.3) is 0 Å². The summed E-state index contributed by atoms with van der Waals surface area (Å²) in [5.41, 5.74) is 0. The number of esters is 1.